The summed E-state index contributed by atoms with van der Waals surface area (Å²) in [5.74, 6) is 3.08. The first-order chi connectivity index (χ1) is 11.2. The number of pyridine rings is 1. The first kappa shape index (κ1) is 14.7. The SMILES string of the molecule is NC(=O)c1ccc(N2CCN(C[C@@H]3C[C@H]4C=C[C@@H]3C4)CC2)nc1. The Morgan fingerprint density at radius 1 is 1.17 bits per heavy atom. The molecule has 2 fully saturated rings. The largest absolute Gasteiger partial charge is 0.366 e. The summed E-state index contributed by atoms with van der Waals surface area (Å²) in [5.41, 5.74) is 5.73. The van der Waals surface area contributed by atoms with Crippen molar-refractivity contribution in [2.24, 2.45) is 23.5 Å². The average molecular weight is 312 g/mol. The third-order valence-corrected chi connectivity index (χ3v) is 5.64. The number of rotatable bonds is 4. The minimum absolute atomic E-state index is 0.422. The Labute approximate surface area is 137 Å². The van der Waals surface area contributed by atoms with Crippen LogP contribution in [-0.2, 0) is 0 Å². The number of fused-ring (bicyclic) bond motifs is 2. The lowest BCUT2D eigenvalue weighted by atomic mass is 9.93. The van der Waals surface area contributed by atoms with Crippen molar-refractivity contribution in [1.29, 1.82) is 0 Å². The smallest absolute Gasteiger partial charge is 0.250 e. The van der Waals surface area contributed by atoms with E-state index in [9.17, 15) is 4.79 Å². The van der Waals surface area contributed by atoms with Gasteiger partial charge in [-0.2, -0.15) is 0 Å². The molecule has 0 radical (unpaired) electrons. The number of aromatic nitrogens is 1. The number of nitrogens with two attached hydrogens (primary N) is 1. The standard InChI is InChI=1S/C18H24N4O/c19-18(23)15-3-4-17(20-11-15)22-7-5-21(6-8-22)12-16-10-13-1-2-14(16)9-13/h1-4,11,13-14,16H,5-10,12H2,(H2,19,23)/t13-,14+,16-/m0/s1. The maximum atomic E-state index is 11.1. The fraction of sp³-hybridized carbons (Fsp3) is 0.556. The van der Waals surface area contributed by atoms with Gasteiger partial charge in [0.15, 0.2) is 0 Å². The molecule has 1 saturated heterocycles. The molecule has 0 aromatic carbocycles. The van der Waals surface area contributed by atoms with Crippen molar-refractivity contribution in [3.8, 4) is 0 Å². The summed E-state index contributed by atoms with van der Waals surface area (Å²) >= 11 is 0. The second-order valence-electron chi connectivity index (χ2n) is 7.10. The van der Waals surface area contributed by atoms with E-state index < -0.39 is 5.91 Å². The number of anilines is 1. The molecule has 0 unspecified atom stereocenters. The number of hydrogen-bond acceptors (Lipinski definition) is 4. The zero-order chi connectivity index (χ0) is 15.8. The summed E-state index contributed by atoms with van der Waals surface area (Å²) in [6.07, 6.45) is 9.21. The normalized spacial score (nSPS) is 30.1. The van der Waals surface area contributed by atoms with Crippen LogP contribution in [0.25, 0.3) is 0 Å². The van der Waals surface area contributed by atoms with Crippen LogP contribution in [0.1, 0.15) is 23.2 Å². The number of hydrogen-bond donors (Lipinski definition) is 1. The van der Waals surface area contributed by atoms with Crippen molar-refractivity contribution in [2.75, 3.05) is 37.6 Å². The topological polar surface area (TPSA) is 62.5 Å². The third kappa shape index (κ3) is 2.98. The van der Waals surface area contributed by atoms with Crippen molar-refractivity contribution < 1.29 is 4.79 Å². The lowest BCUT2D eigenvalue weighted by Crippen LogP contribution is -2.48. The molecule has 1 amide bonds. The number of allylic oxidation sites excluding steroid dienone is 2. The highest BCUT2D eigenvalue weighted by atomic mass is 16.1. The Kier molecular flexibility index (Phi) is 3.81. The summed E-state index contributed by atoms with van der Waals surface area (Å²) in [6.45, 7) is 5.43. The zero-order valence-electron chi connectivity index (χ0n) is 13.4. The molecule has 5 heteroatoms. The van der Waals surface area contributed by atoms with Crippen LogP contribution in [-0.4, -0.2) is 48.5 Å². The Hall–Kier alpha value is -1.88. The molecule has 5 nitrogen and oxygen atoms in total. The summed E-state index contributed by atoms with van der Waals surface area (Å²) in [5, 5.41) is 0. The minimum Gasteiger partial charge on any atom is -0.366 e. The third-order valence-electron chi connectivity index (χ3n) is 5.64. The van der Waals surface area contributed by atoms with Crippen LogP contribution in [0.2, 0.25) is 0 Å². The van der Waals surface area contributed by atoms with Gasteiger partial charge in [-0.15, -0.1) is 0 Å². The highest BCUT2D eigenvalue weighted by Crippen LogP contribution is 2.43. The maximum Gasteiger partial charge on any atom is 0.250 e. The molecule has 2 N–H and O–H groups in total. The fourth-order valence-electron chi connectivity index (χ4n) is 4.31. The molecule has 1 saturated carbocycles. The van der Waals surface area contributed by atoms with Crippen LogP contribution >= 0.6 is 0 Å². The van der Waals surface area contributed by atoms with E-state index in [1.165, 1.54) is 19.4 Å². The van der Waals surface area contributed by atoms with Gasteiger partial charge in [0, 0.05) is 38.9 Å². The van der Waals surface area contributed by atoms with Gasteiger partial charge in [-0.25, -0.2) is 4.98 Å². The number of amides is 1. The summed E-state index contributed by atoms with van der Waals surface area (Å²) in [4.78, 5) is 20.4. The molecular weight excluding hydrogens is 288 g/mol. The van der Waals surface area contributed by atoms with E-state index in [1.807, 2.05) is 6.07 Å². The van der Waals surface area contributed by atoms with Crippen LogP contribution in [0.5, 0.6) is 0 Å². The number of nitrogens with zero attached hydrogens (tertiary/aromatic N) is 3. The van der Waals surface area contributed by atoms with Crippen molar-refractivity contribution in [1.82, 2.24) is 9.88 Å². The van der Waals surface area contributed by atoms with Crippen LogP contribution < -0.4 is 10.6 Å². The molecule has 0 spiro atoms. The van der Waals surface area contributed by atoms with Gasteiger partial charge in [0.05, 0.1) is 5.56 Å². The van der Waals surface area contributed by atoms with E-state index in [0.717, 1.165) is 49.8 Å². The maximum absolute atomic E-state index is 11.1. The number of carbonyl (C=O) groups is 1. The molecule has 23 heavy (non-hydrogen) atoms. The van der Waals surface area contributed by atoms with E-state index in [4.69, 9.17) is 5.73 Å². The lowest BCUT2D eigenvalue weighted by molar-refractivity contribution is 0.1000. The molecule has 2 aliphatic carbocycles. The summed E-state index contributed by atoms with van der Waals surface area (Å²) < 4.78 is 0. The van der Waals surface area contributed by atoms with Gasteiger partial charge in [-0.1, -0.05) is 12.2 Å². The zero-order valence-corrected chi connectivity index (χ0v) is 13.4. The quantitative estimate of drug-likeness (QED) is 0.856. The Morgan fingerprint density at radius 3 is 2.57 bits per heavy atom. The molecule has 3 atom stereocenters. The predicted octanol–water partition coefficient (Wildman–Crippen LogP) is 1.51. The van der Waals surface area contributed by atoms with Gasteiger partial charge in [0.25, 0.3) is 0 Å². The summed E-state index contributed by atoms with van der Waals surface area (Å²) in [7, 11) is 0. The molecule has 3 aliphatic rings. The molecule has 4 rings (SSSR count). The van der Waals surface area contributed by atoms with E-state index >= 15 is 0 Å². The lowest BCUT2D eigenvalue weighted by Gasteiger charge is -2.37. The molecule has 1 aromatic heterocycles. The minimum atomic E-state index is -0.422. The average Bonchev–Trinajstić information content (AvgIpc) is 3.18. The molecule has 2 heterocycles. The molecule has 122 valence electrons. The Bertz CT molecular complexity index is 604. The van der Waals surface area contributed by atoms with E-state index in [0.29, 0.717) is 5.56 Å². The van der Waals surface area contributed by atoms with Crippen molar-refractivity contribution in [3.05, 3.63) is 36.0 Å². The van der Waals surface area contributed by atoms with Gasteiger partial charge < -0.3 is 10.6 Å². The van der Waals surface area contributed by atoms with Crippen LogP contribution in [0.15, 0.2) is 30.5 Å². The first-order valence-electron chi connectivity index (χ1n) is 8.60. The van der Waals surface area contributed by atoms with E-state index in [2.05, 4.69) is 26.9 Å². The van der Waals surface area contributed by atoms with Gasteiger partial charge in [-0.05, 0) is 42.7 Å². The van der Waals surface area contributed by atoms with Crippen LogP contribution in [0, 0.1) is 17.8 Å². The number of carbonyl (C=O) groups excluding carboxylic acids is 1. The highest BCUT2D eigenvalue weighted by molar-refractivity contribution is 5.92. The monoisotopic (exact) mass is 312 g/mol. The van der Waals surface area contributed by atoms with Gasteiger partial charge in [-0.3, -0.25) is 9.69 Å². The molecular formula is C18H24N4O. The van der Waals surface area contributed by atoms with E-state index in [1.54, 1.807) is 12.3 Å². The van der Waals surface area contributed by atoms with Crippen molar-refractivity contribution in [2.45, 2.75) is 12.8 Å². The summed E-state index contributed by atoms with van der Waals surface area (Å²) in [6, 6.07) is 3.66. The van der Waals surface area contributed by atoms with Gasteiger partial charge in [0.1, 0.15) is 5.82 Å². The molecule has 1 aliphatic heterocycles. The second-order valence-corrected chi connectivity index (χ2v) is 7.10. The Balaban J connectivity index is 1.30. The van der Waals surface area contributed by atoms with E-state index in [-0.39, 0.29) is 0 Å². The molecule has 1 aromatic rings. The number of piperazine rings is 1. The van der Waals surface area contributed by atoms with Crippen LogP contribution in [0.4, 0.5) is 5.82 Å². The van der Waals surface area contributed by atoms with Gasteiger partial charge in [0.2, 0.25) is 5.91 Å². The van der Waals surface area contributed by atoms with Crippen molar-refractivity contribution in [3.63, 3.8) is 0 Å². The predicted molar refractivity (Wildman–Crippen MR) is 90.3 cm³/mol. The fourth-order valence-corrected chi connectivity index (χ4v) is 4.31. The van der Waals surface area contributed by atoms with Crippen LogP contribution in [0.3, 0.4) is 0 Å². The highest BCUT2D eigenvalue weighted by Gasteiger charge is 2.36. The van der Waals surface area contributed by atoms with Gasteiger partial charge >= 0.3 is 0 Å². The molecule has 2 bridgehead atoms. The Morgan fingerprint density at radius 2 is 2.00 bits per heavy atom. The second kappa shape index (κ2) is 5.96. The number of primary amides is 1. The van der Waals surface area contributed by atoms with Crippen molar-refractivity contribution >= 4 is 11.7 Å². The first-order valence-corrected chi connectivity index (χ1v) is 8.60.